The van der Waals surface area contributed by atoms with Gasteiger partial charge in [0.1, 0.15) is 29.0 Å². The van der Waals surface area contributed by atoms with Crippen LogP contribution in [0.5, 0.6) is 11.6 Å². The molecular formula is C28H34ClN3O7. The van der Waals surface area contributed by atoms with Crippen LogP contribution in [0.4, 0.5) is 4.79 Å². The summed E-state index contributed by atoms with van der Waals surface area (Å²) in [6.07, 6.45) is 2.44. The lowest BCUT2D eigenvalue weighted by atomic mass is 10.1. The Bertz CT molecular complexity index is 1290. The molecule has 11 heteroatoms. The SMILES string of the molecule is C=C[C@@H]1C[C@]1(NC(=O)[C@@H]1C[C@@H](Oc2ncc(OC)c3ccc(Cl)cc23)CN1C(=O)OC(C)(C)C)C(=O)OCC. The normalized spacial score (nSPS) is 24.2. The first-order valence-corrected chi connectivity index (χ1v) is 13.2. The van der Waals surface area contributed by atoms with Crippen molar-refractivity contribution in [2.24, 2.45) is 5.92 Å². The van der Waals surface area contributed by atoms with E-state index in [0.29, 0.717) is 28.5 Å². The number of hydrogen-bond donors (Lipinski definition) is 1. The van der Waals surface area contributed by atoms with Crippen LogP contribution in [0.3, 0.4) is 0 Å². The molecule has 10 nitrogen and oxygen atoms in total. The minimum absolute atomic E-state index is 0.0695. The molecular weight excluding hydrogens is 526 g/mol. The van der Waals surface area contributed by atoms with Gasteiger partial charge in [-0.1, -0.05) is 17.7 Å². The Balaban J connectivity index is 1.61. The third kappa shape index (κ3) is 5.90. The second-order valence-electron chi connectivity index (χ2n) is 10.7. The van der Waals surface area contributed by atoms with Gasteiger partial charge in [0.2, 0.25) is 11.8 Å². The minimum Gasteiger partial charge on any atom is -0.494 e. The molecule has 1 saturated heterocycles. The molecule has 2 fully saturated rings. The molecule has 1 saturated carbocycles. The first-order chi connectivity index (χ1) is 18.4. The smallest absolute Gasteiger partial charge is 0.411 e. The summed E-state index contributed by atoms with van der Waals surface area (Å²) >= 11 is 6.24. The maximum absolute atomic E-state index is 13.6. The number of ether oxygens (including phenoxy) is 4. The molecule has 1 aromatic heterocycles. The number of nitrogens with zero attached hydrogens (tertiary/aromatic N) is 2. The first kappa shape index (κ1) is 28.5. The van der Waals surface area contributed by atoms with Gasteiger partial charge >= 0.3 is 12.1 Å². The number of amides is 2. The summed E-state index contributed by atoms with van der Waals surface area (Å²) in [6, 6.07) is 4.32. The van der Waals surface area contributed by atoms with Gasteiger partial charge in [-0.15, -0.1) is 6.58 Å². The van der Waals surface area contributed by atoms with Gasteiger partial charge in [-0.2, -0.15) is 0 Å². The monoisotopic (exact) mass is 559 g/mol. The van der Waals surface area contributed by atoms with Crippen LogP contribution in [0.25, 0.3) is 10.8 Å². The van der Waals surface area contributed by atoms with Crippen LogP contribution < -0.4 is 14.8 Å². The molecule has 0 radical (unpaired) electrons. The molecule has 2 aliphatic rings. The Morgan fingerprint density at radius 3 is 2.64 bits per heavy atom. The van der Waals surface area contributed by atoms with E-state index in [9.17, 15) is 14.4 Å². The average molecular weight is 560 g/mol. The Labute approximate surface area is 232 Å². The van der Waals surface area contributed by atoms with Crippen LogP contribution in [-0.2, 0) is 19.1 Å². The predicted octanol–water partition coefficient (Wildman–Crippen LogP) is 4.28. The Hall–Kier alpha value is -3.53. The summed E-state index contributed by atoms with van der Waals surface area (Å²) < 4.78 is 22.5. The van der Waals surface area contributed by atoms with Crippen molar-refractivity contribution in [3.05, 3.63) is 42.1 Å². The number of likely N-dealkylation sites (tertiary alicyclic amines) is 1. The van der Waals surface area contributed by atoms with Crippen molar-refractivity contribution in [2.75, 3.05) is 20.3 Å². The van der Waals surface area contributed by atoms with Gasteiger partial charge in [0.25, 0.3) is 0 Å². The van der Waals surface area contributed by atoms with Crippen molar-refractivity contribution in [3.63, 3.8) is 0 Å². The van der Waals surface area contributed by atoms with Gasteiger partial charge in [0.15, 0.2) is 0 Å². The third-order valence-corrected chi connectivity index (χ3v) is 6.99. The van der Waals surface area contributed by atoms with Crippen LogP contribution >= 0.6 is 11.6 Å². The summed E-state index contributed by atoms with van der Waals surface area (Å²) in [4.78, 5) is 45.2. The number of carbonyl (C=O) groups excluding carboxylic acids is 3. The van der Waals surface area contributed by atoms with E-state index in [0.717, 1.165) is 5.39 Å². The number of halogens is 1. The van der Waals surface area contributed by atoms with E-state index in [-0.39, 0.29) is 25.5 Å². The minimum atomic E-state index is -1.20. The zero-order valence-corrected chi connectivity index (χ0v) is 23.5. The molecule has 0 spiro atoms. The number of hydrogen-bond acceptors (Lipinski definition) is 8. The molecule has 0 unspecified atom stereocenters. The van der Waals surface area contributed by atoms with Crippen LogP contribution in [0.1, 0.15) is 40.5 Å². The van der Waals surface area contributed by atoms with Crippen LogP contribution in [0, 0.1) is 5.92 Å². The van der Waals surface area contributed by atoms with Gasteiger partial charge in [-0.25, -0.2) is 14.6 Å². The summed E-state index contributed by atoms with van der Waals surface area (Å²) in [5, 5.41) is 4.72. The molecule has 2 amide bonds. The lowest BCUT2D eigenvalue weighted by molar-refractivity contribution is -0.149. The van der Waals surface area contributed by atoms with Gasteiger partial charge in [0.05, 0.1) is 26.5 Å². The molecule has 1 N–H and O–H groups in total. The Morgan fingerprint density at radius 1 is 1.28 bits per heavy atom. The molecule has 4 atom stereocenters. The van der Waals surface area contributed by atoms with Crippen molar-refractivity contribution in [1.29, 1.82) is 0 Å². The first-order valence-electron chi connectivity index (χ1n) is 12.8. The summed E-state index contributed by atoms with van der Waals surface area (Å²) in [5.41, 5.74) is -1.98. The van der Waals surface area contributed by atoms with Gasteiger partial charge < -0.3 is 24.3 Å². The summed E-state index contributed by atoms with van der Waals surface area (Å²) in [5.74, 6) is -0.439. The van der Waals surface area contributed by atoms with Crippen LogP contribution in [0.2, 0.25) is 5.02 Å². The van der Waals surface area contributed by atoms with E-state index in [1.165, 1.54) is 4.90 Å². The molecule has 1 aliphatic heterocycles. The maximum atomic E-state index is 13.6. The van der Waals surface area contributed by atoms with E-state index >= 15 is 0 Å². The highest BCUT2D eigenvalue weighted by molar-refractivity contribution is 6.31. The third-order valence-electron chi connectivity index (χ3n) is 6.75. The Morgan fingerprint density at radius 2 is 2.03 bits per heavy atom. The fraction of sp³-hybridized carbons (Fsp3) is 0.500. The second-order valence-corrected chi connectivity index (χ2v) is 11.1. The number of pyridine rings is 1. The molecule has 4 rings (SSSR count). The lowest BCUT2D eigenvalue weighted by Crippen LogP contribution is -2.53. The van der Waals surface area contributed by atoms with Crippen molar-refractivity contribution in [2.45, 2.75) is 63.8 Å². The van der Waals surface area contributed by atoms with E-state index in [2.05, 4.69) is 16.9 Å². The van der Waals surface area contributed by atoms with Crippen molar-refractivity contribution < 1.29 is 33.3 Å². The lowest BCUT2D eigenvalue weighted by Gasteiger charge is -2.28. The molecule has 2 aromatic rings. The molecule has 2 heterocycles. The molecule has 39 heavy (non-hydrogen) atoms. The Kier molecular flexibility index (Phi) is 7.97. The fourth-order valence-corrected chi connectivity index (χ4v) is 4.97. The molecule has 1 aliphatic carbocycles. The number of methoxy groups -OCH3 is 1. The zero-order valence-electron chi connectivity index (χ0n) is 22.8. The summed E-state index contributed by atoms with van der Waals surface area (Å²) in [7, 11) is 1.55. The number of fused-ring (bicyclic) bond motifs is 1. The molecule has 1 aromatic carbocycles. The number of esters is 1. The topological polar surface area (TPSA) is 116 Å². The van der Waals surface area contributed by atoms with Crippen LogP contribution in [-0.4, -0.2) is 71.4 Å². The van der Waals surface area contributed by atoms with E-state index in [1.807, 2.05) is 6.07 Å². The predicted molar refractivity (Wildman–Crippen MR) is 145 cm³/mol. The van der Waals surface area contributed by atoms with Crippen molar-refractivity contribution in [3.8, 4) is 11.6 Å². The van der Waals surface area contributed by atoms with Crippen molar-refractivity contribution in [1.82, 2.24) is 15.2 Å². The number of aromatic nitrogens is 1. The highest BCUT2D eigenvalue weighted by Crippen LogP contribution is 2.46. The van der Waals surface area contributed by atoms with E-state index < -0.39 is 41.3 Å². The highest BCUT2D eigenvalue weighted by atomic mass is 35.5. The van der Waals surface area contributed by atoms with Crippen molar-refractivity contribution >= 4 is 40.3 Å². The molecule has 210 valence electrons. The number of rotatable bonds is 8. The number of carbonyl (C=O) groups is 3. The van der Waals surface area contributed by atoms with Gasteiger partial charge in [0, 0.05) is 28.1 Å². The summed E-state index contributed by atoms with van der Waals surface area (Å²) in [6.45, 7) is 10.9. The standard InChI is InChI=1S/C28H34ClN3O7/c1-7-16-13-28(16,25(34)37-8-2)31-23(33)21-12-18(15-32(21)26(35)39-27(3,4)5)38-24-20-11-17(29)9-10-19(20)22(36-6)14-30-24/h7,9-11,14,16,18,21H,1,8,12-13,15H2,2-6H3,(H,31,33)/t16-,18-,21+,28-/m1/s1. The number of nitrogens with one attached hydrogen (secondary N) is 1. The van der Waals surface area contributed by atoms with Gasteiger partial charge in [-0.05, 0) is 52.3 Å². The quantitative estimate of drug-likeness (QED) is 0.376. The van der Waals surface area contributed by atoms with Crippen LogP contribution in [0.15, 0.2) is 37.1 Å². The second kappa shape index (κ2) is 10.9. The number of benzene rings is 1. The largest absolute Gasteiger partial charge is 0.494 e. The molecule has 0 bridgehead atoms. The zero-order chi connectivity index (χ0) is 28.5. The fourth-order valence-electron chi connectivity index (χ4n) is 4.80. The average Bonchev–Trinajstić information content (AvgIpc) is 3.42. The highest BCUT2D eigenvalue weighted by Gasteiger charge is 2.62. The van der Waals surface area contributed by atoms with E-state index in [4.69, 9.17) is 30.5 Å². The van der Waals surface area contributed by atoms with Gasteiger partial charge in [-0.3, -0.25) is 9.69 Å². The maximum Gasteiger partial charge on any atom is 0.411 e. The van der Waals surface area contributed by atoms with E-state index in [1.54, 1.807) is 59.2 Å².